The largest absolute Gasteiger partial charge is 0.343 e. The van der Waals surface area contributed by atoms with Gasteiger partial charge in [0.2, 0.25) is 5.91 Å². The number of carbonyl (C=O) groups is 1. The number of hydrogen-bond acceptors (Lipinski definition) is 4. The quantitative estimate of drug-likeness (QED) is 0.707. The Morgan fingerprint density at radius 1 is 0.923 bits per heavy atom. The maximum atomic E-state index is 12.5. The molecule has 1 aromatic heterocycles. The number of amides is 1. The van der Waals surface area contributed by atoms with Gasteiger partial charge >= 0.3 is 0 Å². The lowest BCUT2D eigenvalue weighted by atomic mass is 9.96. The number of aromatic nitrogens is 2. The Hall–Kier alpha value is -0.970. The van der Waals surface area contributed by atoms with Crippen molar-refractivity contribution in [1.82, 2.24) is 15.1 Å². The molecule has 1 aliphatic heterocycles. The molecule has 26 heavy (non-hydrogen) atoms. The van der Waals surface area contributed by atoms with Crippen LogP contribution in [0.2, 0.25) is 0 Å². The van der Waals surface area contributed by atoms with Crippen molar-refractivity contribution in [3.8, 4) is 0 Å². The lowest BCUT2D eigenvalue weighted by molar-refractivity contribution is -0.132. The molecule has 0 unspecified atom stereocenters. The van der Waals surface area contributed by atoms with Gasteiger partial charge in [-0.3, -0.25) is 4.79 Å². The summed E-state index contributed by atoms with van der Waals surface area (Å²) in [5, 5.41) is 11.4. The smallest absolute Gasteiger partial charge is 0.222 e. The van der Waals surface area contributed by atoms with E-state index in [0.29, 0.717) is 11.8 Å². The van der Waals surface area contributed by atoms with E-state index in [0.717, 1.165) is 57.0 Å². The molecule has 0 spiro atoms. The number of hydrogen-bond donors (Lipinski definition) is 0. The molecule has 0 bridgehead atoms. The van der Waals surface area contributed by atoms with E-state index in [1.54, 1.807) is 0 Å². The van der Waals surface area contributed by atoms with Gasteiger partial charge in [0.05, 0.1) is 0 Å². The molecule has 3 aliphatic rings. The van der Waals surface area contributed by atoms with Crippen molar-refractivity contribution >= 4 is 17.2 Å². The third-order valence-corrected chi connectivity index (χ3v) is 7.97. The Morgan fingerprint density at radius 2 is 1.58 bits per heavy atom. The maximum absolute atomic E-state index is 12.5. The summed E-state index contributed by atoms with van der Waals surface area (Å²) in [5.41, 5.74) is 0. The van der Waals surface area contributed by atoms with Crippen molar-refractivity contribution in [2.24, 2.45) is 11.8 Å². The van der Waals surface area contributed by atoms with Crippen molar-refractivity contribution in [2.75, 3.05) is 13.1 Å². The Balaban J connectivity index is 1.21. The molecule has 4 nitrogen and oxygen atoms in total. The minimum absolute atomic E-state index is 0.384. The predicted molar refractivity (Wildman–Crippen MR) is 105 cm³/mol. The first-order chi connectivity index (χ1) is 12.8. The maximum Gasteiger partial charge on any atom is 0.222 e. The van der Waals surface area contributed by atoms with Crippen LogP contribution in [0.3, 0.4) is 0 Å². The molecule has 1 amide bonds. The first kappa shape index (κ1) is 18.4. The zero-order valence-corrected chi connectivity index (χ0v) is 16.8. The van der Waals surface area contributed by atoms with Gasteiger partial charge in [-0.1, -0.05) is 51.4 Å². The summed E-state index contributed by atoms with van der Waals surface area (Å²) in [7, 11) is 0. The van der Waals surface area contributed by atoms with Crippen LogP contribution in [0.5, 0.6) is 0 Å². The molecule has 0 radical (unpaired) electrons. The molecule has 2 heterocycles. The van der Waals surface area contributed by atoms with E-state index >= 15 is 0 Å². The lowest BCUT2D eigenvalue weighted by Gasteiger charge is -2.31. The van der Waals surface area contributed by atoms with Crippen LogP contribution in [-0.4, -0.2) is 34.1 Å². The van der Waals surface area contributed by atoms with Crippen LogP contribution in [0.4, 0.5) is 0 Å². The van der Waals surface area contributed by atoms with E-state index < -0.39 is 0 Å². The summed E-state index contributed by atoms with van der Waals surface area (Å²) < 4.78 is 0. The fourth-order valence-corrected chi connectivity index (χ4v) is 6.26. The second-order valence-corrected chi connectivity index (χ2v) is 9.83. The zero-order chi connectivity index (χ0) is 17.8. The highest BCUT2D eigenvalue weighted by atomic mass is 32.1. The summed E-state index contributed by atoms with van der Waals surface area (Å²) in [4.78, 5) is 14.6. The number of likely N-dealkylation sites (tertiary alicyclic amines) is 1. The molecular formula is C21H33N3OS. The first-order valence-corrected chi connectivity index (χ1v) is 11.7. The SMILES string of the molecule is O=C(CCC1CCCC1)N1CCC(c2nnc(CC3CCCC3)s2)CC1. The van der Waals surface area contributed by atoms with Crippen LogP contribution in [0.1, 0.15) is 93.0 Å². The third kappa shape index (κ3) is 4.65. The molecule has 0 aromatic carbocycles. The molecule has 0 atom stereocenters. The summed E-state index contributed by atoms with van der Waals surface area (Å²) in [6, 6.07) is 0. The molecule has 1 saturated heterocycles. The van der Waals surface area contributed by atoms with E-state index in [9.17, 15) is 4.79 Å². The standard InChI is InChI=1S/C21H33N3OS/c25-20(10-9-16-5-1-2-6-16)24-13-11-18(12-14-24)21-23-22-19(26-21)15-17-7-3-4-8-17/h16-18H,1-15H2. The van der Waals surface area contributed by atoms with Crippen molar-refractivity contribution < 1.29 is 4.79 Å². The van der Waals surface area contributed by atoms with E-state index in [1.165, 1.54) is 61.4 Å². The molecular weight excluding hydrogens is 342 g/mol. The Kier molecular flexibility index (Phi) is 6.24. The molecule has 144 valence electrons. The van der Waals surface area contributed by atoms with Gasteiger partial charge in [0.25, 0.3) is 0 Å². The minimum Gasteiger partial charge on any atom is -0.343 e. The fraction of sp³-hybridized carbons (Fsp3) is 0.857. The lowest BCUT2D eigenvalue weighted by Crippen LogP contribution is -2.37. The second kappa shape index (κ2) is 8.81. The average Bonchev–Trinajstić information content (AvgIpc) is 3.43. The molecule has 2 aliphatic carbocycles. The molecule has 4 rings (SSSR count). The topological polar surface area (TPSA) is 46.1 Å². The van der Waals surface area contributed by atoms with Gasteiger partial charge in [-0.2, -0.15) is 0 Å². The normalized spacial score (nSPS) is 23.2. The van der Waals surface area contributed by atoms with Crippen molar-refractivity contribution in [2.45, 2.75) is 89.4 Å². The number of piperidine rings is 1. The van der Waals surface area contributed by atoms with E-state index in [2.05, 4.69) is 15.1 Å². The van der Waals surface area contributed by atoms with E-state index in [4.69, 9.17) is 0 Å². The zero-order valence-electron chi connectivity index (χ0n) is 16.0. The first-order valence-electron chi connectivity index (χ1n) is 10.9. The number of rotatable bonds is 6. The van der Waals surface area contributed by atoms with Gasteiger partial charge in [0.1, 0.15) is 10.0 Å². The van der Waals surface area contributed by atoms with Crippen molar-refractivity contribution in [3.05, 3.63) is 10.0 Å². The average molecular weight is 376 g/mol. The van der Waals surface area contributed by atoms with E-state index in [1.807, 2.05) is 11.3 Å². The van der Waals surface area contributed by atoms with Gasteiger partial charge in [-0.05, 0) is 31.1 Å². The highest BCUT2D eigenvalue weighted by Crippen LogP contribution is 2.34. The Morgan fingerprint density at radius 3 is 2.27 bits per heavy atom. The highest BCUT2D eigenvalue weighted by molar-refractivity contribution is 7.11. The van der Waals surface area contributed by atoms with Gasteiger partial charge < -0.3 is 4.90 Å². The van der Waals surface area contributed by atoms with Crippen molar-refractivity contribution in [3.63, 3.8) is 0 Å². The second-order valence-electron chi connectivity index (χ2n) is 8.73. The minimum atomic E-state index is 0.384. The summed E-state index contributed by atoms with van der Waals surface area (Å²) in [6.45, 7) is 1.82. The van der Waals surface area contributed by atoms with Gasteiger partial charge in [0, 0.05) is 31.8 Å². The van der Waals surface area contributed by atoms with Crippen LogP contribution in [0, 0.1) is 11.8 Å². The molecule has 1 aromatic rings. The van der Waals surface area contributed by atoms with Crippen LogP contribution in [0.15, 0.2) is 0 Å². The summed E-state index contributed by atoms with van der Waals surface area (Å²) in [6.07, 6.45) is 16.1. The molecule has 3 fully saturated rings. The fourth-order valence-electron chi connectivity index (χ4n) is 5.14. The van der Waals surface area contributed by atoms with Crippen molar-refractivity contribution in [1.29, 1.82) is 0 Å². The Bertz CT molecular complexity index is 582. The van der Waals surface area contributed by atoms with Gasteiger partial charge in [0.15, 0.2) is 0 Å². The van der Waals surface area contributed by atoms with E-state index in [-0.39, 0.29) is 0 Å². The van der Waals surface area contributed by atoms with Crippen LogP contribution in [-0.2, 0) is 11.2 Å². The van der Waals surface area contributed by atoms with Crippen LogP contribution < -0.4 is 0 Å². The number of carbonyl (C=O) groups excluding carboxylic acids is 1. The van der Waals surface area contributed by atoms with Gasteiger partial charge in [-0.25, -0.2) is 0 Å². The van der Waals surface area contributed by atoms with Crippen LogP contribution in [0.25, 0.3) is 0 Å². The van der Waals surface area contributed by atoms with Crippen LogP contribution >= 0.6 is 11.3 Å². The highest BCUT2D eigenvalue weighted by Gasteiger charge is 2.27. The molecule has 5 heteroatoms. The number of nitrogens with zero attached hydrogens (tertiary/aromatic N) is 3. The molecule has 2 saturated carbocycles. The Labute approximate surface area is 161 Å². The molecule has 0 N–H and O–H groups in total. The summed E-state index contributed by atoms with van der Waals surface area (Å²) in [5.74, 6) is 2.56. The predicted octanol–water partition coefficient (Wildman–Crippen LogP) is 4.95. The van der Waals surface area contributed by atoms with Gasteiger partial charge in [-0.15, -0.1) is 21.5 Å². The monoisotopic (exact) mass is 375 g/mol. The summed E-state index contributed by atoms with van der Waals surface area (Å²) >= 11 is 1.84. The third-order valence-electron chi connectivity index (χ3n) is 6.86.